The number of benzene rings is 1. The van der Waals surface area contributed by atoms with Gasteiger partial charge >= 0.3 is 0 Å². The van der Waals surface area contributed by atoms with Gasteiger partial charge in [0.15, 0.2) is 5.78 Å². The molecule has 0 aromatic heterocycles. The minimum atomic E-state index is -0.375. The molecule has 3 aliphatic rings. The Balaban J connectivity index is 1.42. The number of rotatable bonds is 4. The molecule has 1 aromatic carbocycles. The highest BCUT2D eigenvalue weighted by Crippen LogP contribution is 2.25. The molecular formula is C20H25N3O4. The molecule has 7 heteroatoms. The Labute approximate surface area is 158 Å². The van der Waals surface area contributed by atoms with Crippen molar-refractivity contribution in [2.24, 2.45) is 0 Å². The van der Waals surface area contributed by atoms with Crippen LogP contribution >= 0.6 is 0 Å². The number of ketones is 1. The summed E-state index contributed by atoms with van der Waals surface area (Å²) in [5.41, 5.74) is 2.76. The third kappa shape index (κ3) is 4.05. The summed E-state index contributed by atoms with van der Waals surface area (Å²) in [5, 5.41) is 3.21. The molecule has 144 valence electrons. The first-order valence-corrected chi connectivity index (χ1v) is 9.51. The number of hydrogen-bond acceptors (Lipinski definition) is 6. The smallest absolute Gasteiger partial charge is 0.253 e. The van der Waals surface area contributed by atoms with E-state index in [2.05, 4.69) is 10.2 Å². The van der Waals surface area contributed by atoms with Gasteiger partial charge in [0.2, 0.25) is 0 Å². The van der Waals surface area contributed by atoms with Crippen molar-refractivity contribution < 1.29 is 19.1 Å². The summed E-state index contributed by atoms with van der Waals surface area (Å²) in [7, 11) is 0. The number of nitrogens with zero attached hydrogens (tertiary/aromatic N) is 2. The third-order valence-electron chi connectivity index (χ3n) is 5.20. The Morgan fingerprint density at radius 1 is 1.11 bits per heavy atom. The number of carbonyl (C=O) groups excluding carboxylic acids is 2. The lowest BCUT2D eigenvalue weighted by Crippen LogP contribution is -2.45. The molecule has 1 aromatic rings. The van der Waals surface area contributed by atoms with Crippen molar-refractivity contribution in [3.63, 3.8) is 0 Å². The number of nitrogens with one attached hydrogen (secondary N) is 1. The van der Waals surface area contributed by atoms with Crippen LogP contribution in [0, 0.1) is 0 Å². The van der Waals surface area contributed by atoms with E-state index in [9.17, 15) is 9.59 Å². The lowest BCUT2D eigenvalue weighted by Gasteiger charge is -2.32. The number of Topliss-reactive ketones (excluding diaryl/α,β-unsaturated/α-hetero) is 1. The number of carbonyl (C=O) groups is 2. The van der Waals surface area contributed by atoms with Crippen LogP contribution in [0.1, 0.15) is 6.42 Å². The second-order valence-corrected chi connectivity index (χ2v) is 6.98. The molecule has 0 saturated carbocycles. The Morgan fingerprint density at radius 3 is 2.67 bits per heavy atom. The van der Waals surface area contributed by atoms with E-state index in [4.69, 9.17) is 9.47 Å². The predicted molar refractivity (Wildman–Crippen MR) is 102 cm³/mol. The minimum absolute atomic E-state index is 0.0103. The normalized spacial score (nSPS) is 23.9. The van der Waals surface area contributed by atoms with Crippen LogP contribution < -0.4 is 15.1 Å². The molecule has 2 fully saturated rings. The summed E-state index contributed by atoms with van der Waals surface area (Å²) in [6, 6.07) is 7.97. The SMILES string of the molecule is O=C(C1=CCCN(c2ccc(N3CCOCC3=O)cc2)C1)C1CNCCO1. The van der Waals surface area contributed by atoms with Crippen LogP contribution in [0.25, 0.3) is 0 Å². The molecule has 1 N–H and O–H groups in total. The maximum Gasteiger partial charge on any atom is 0.253 e. The Kier molecular flexibility index (Phi) is 5.52. The Hall–Kier alpha value is -2.22. The summed E-state index contributed by atoms with van der Waals surface area (Å²) < 4.78 is 10.8. The van der Waals surface area contributed by atoms with E-state index in [0.29, 0.717) is 32.8 Å². The molecule has 1 unspecified atom stereocenters. The summed E-state index contributed by atoms with van der Waals surface area (Å²) in [6.07, 6.45) is 2.50. The molecule has 1 atom stereocenters. The van der Waals surface area contributed by atoms with Gasteiger partial charge in [-0.1, -0.05) is 6.08 Å². The summed E-state index contributed by atoms with van der Waals surface area (Å²) in [5.74, 6) is 0.0753. The van der Waals surface area contributed by atoms with Crippen LogP contribution in [-0.2, 0) is 19.1 Å². The van der Waals surface area contributed by atoms with E-state index in [1.807, 2.05) is 30.3 Å². The topological polar surface area (TPSA) is 71.1 Å². The molecule has 27 heavy (non-hydrogen) atoms. The predicted octanol–water partition coefficient (Wildman–Crippen LogP) is 0.744. The van der Waals surface area contributed by atoms with Crippen LogP contribution in [0.15, 0.2) is 35.9 Å². The number of ether oxygens (including phenoxy) is 2. The number of hydrogen-bond donors (Lipinski definition) is 1. The van der Waals surface area contributed by atoms with Gasteiger partial charge in [-0.3, -0.25) is 9.59 Å². The van der Waals surface area contributed by atoms with Gasteiger partial charge in [-0.15, -0.1) is 0 Å². The first-order valence-electron chi connectivity index (χ1n) is 9.51. The van der Waals surface area contributed by atoms with Crippen molar-refractivity contribution in [1.29, 1.82) is 0 Å². The van der Waals surface area contributed by atoms with Crippen molar-refractivity contribution in [3.05, 3.63) is 35.9 Å². The van der Waals surface area contributed by atoms with Crippen molar-refractivity contribution in [2.75, 3.05) is 62.3 Å². The van der Waals surface area contributed by atoms with Crippen molar-refractivity contribution >= 4 is 23.1 Å². The van der Waals surface area contributed by atoms with Gasteiger partial charge in [0.25, 0.3) is 5.91 Å². The first-order chi connectivity index (χ1) is 13.2. The highest BCUT2D eigenvalue weighted by Gasteiger charge is 2.27. The summed E-state index contributed by atoms with van der Waals surface area (Å²) in [6.45, 7) is 4.71. The average molecular weight is 371 g/mol. The van der Waals surface area contributed by atoms with Crippen LogP contribution in [0.5, 0.6) is 0 Å². The minimum Gasteiger partial charge on any atom is -0.370 e. The Morgan fingerprint density at radius 2 is 1.93 bits per heavy atom. The number of morpholine rings is 2. The number of amides is 1. The highest BCUT2D eigenvalue weighted by atomic mass is 16.5. The zero-order valence-corrected chi connectivity index (χ0v) is 15.4. The van der Waals surface area contributed by atoms with E-state index < -0.39 is 0 Å². The lowest BCUT2D eigenvalue weighted by atomic mass is 10.0. The monoisotopic (exact) mass is 371 g/mol. The van der Waals surface area contributed by atoms with Gasteiger partial charge in [-0.2, -0.15) is 0 Å². The molecule has 1 amide bonds. The van der Waals surface area contributed by atoms with Crippen LogP contribution in [-0.4, -0.2) is 70.3 Å². The zero-order chi connectivity index (χ0) is 18.6. The number of anilines is 2. The maximum absolute atomic E-state index is 12.7. The van der Waals surface area contributed by atoms with Gasteiger partial charge in [0.05, 0.1) is 13.2 Å². The third-order valence-corrected chi connectivity index (χ3v) is 5.20. The molecular weight excluding hydrogens is 346 g/mol. The van der Waals surface area contributed by atoms with E-state index in [0.717, 1.165) is 36.5 Å². The fourth-order valence-corrected chi connectivity index (χ4v) is 3.72. The molecule has 2 saturated heterocycles. The summed E-state index contributed by atoms with van der Waals surface area (Å²) in [4.78, 5) is 28.6. The zero-order valence-electron chi connectivity index (χ0n) is 15.4. The van der Waals surface area contributed by atoms with E-state index in [-0.39, 0.29) is 24.4 Å². The van der Waals surface area contributed by atoms with E-state index in [1.165, 1.54) is 0 Å². The van der Waals surface area contributed by atoms with Gasteiger partial charge in [-0.25, -0.2) is 0 Å². The molecule has 4 rings (SSSR count). The molecule has 0 spiro atoms. The average Bonchev–Trinajstić information content (AvgIpc) is 2.74. The summed E-state index contributed by atoms with van der Waals surface area (Å²) >= 11 is 0. The molecule has 0 bridgehead atoms. The van der Waals surface area contributed by atoms with E-state index >= 15 is 0 Å². The van der Waals surface area contributed by atoms with Gasteiger partial charge in [-0.05, 0) is 30.7 Å². The van der Waals surface area contributed by atoms with Crippen molar-refractivity contribution in [2.45, 2.75) is 12.5 Å². The van der Waals surface area contributed by atoms with E-state index in [1.54, 1.807) is 4.90 Å². The Bertz CT molecular complexity index is 725. The van der Waals surface area contributed by atoms with Crippen LogP contribution in [0.2, 0.25) is 0 Å². The fraction of sp³-hybridized carbons (Fsp3) is 0.500. The molecule has 7 nitrogen and oxygen atoms in total. The second-order valence-electron chi connectivity index (χ2n) is 6.98. The van der Waals surface area contributed by atoms with Gasteiger partial charge < -0.3 is 24.6 Å². The maximum atomic E-state index is 12.7. The van der Waals surface area contributed by atoms with Crippen LogP contribution in [0.3, 0.4) is 0 Å². The molecule has 3 aliphatic heterocycles. The van der Waals surface area contributed by atoms with Crippen LogP contribution in [0.4, 0.5) is 11.4 Å². The quantitative estimate of drug-likeness (QED) is 0.842. The standard InChI is InChI=1S/C20H25N3O4/c24-19-14-26-11-9-23(19)17-5-3-16(4-6-17)22-8-1-2-15(13-22)20(25)18-12-21-7-10-27-18/h2-6,18,21H,1,7-14H2. The lowest BCUT2D eigenvalue weighted by molar-refractivity contribution is -0.128. The first kappa shape index (κ1) is 18.2. The second kappa shape index (κ2) is 8.21. The molecule has 0 radical (unpaired) electrons. The van der Waals surface area contributed by atoms with Crippen molar-refractivity contribution in [3.8, 4) is 0 Å². The largest absolute Gasteiger partial charge is 0.370 e. The van der Waals surface area contributed by atoms with Gasteiger partial charge in [0.1, 0.15) is 12.7 Å². The van der Waals surface area contributed by atoms with Crippen molar-refractivity contribution in [1.82, 2.24) is 5.32 Å². The highest BCUT2D eigenvalue weighted by molar-refractivity contribution is 6.00. The van der Waals surface area contributed by atoms with Gasteiger partial charge in [0, 0.05) is 49.7 Å². The fourth-order valence-electron chi connectivity index (χ4n) is 3.72. The molecule has 0 aliphatic carbocycles. The molecule has 3 heterocycles.